The van der Waals surface area contributed by atoms with E-state index in [0.717, 1.165) is 6.26 Å². The summed E-state index contributed by atoms with van der Waals surface area (Å²) in [5.41, 5.74) is -2.73. The second-order valence-electron chi connectivity index (χ2n) is 6.91. The highest BCUT2D eigenvalue weighted by atomic mass is 32.2. The predicted molar refractivity (Wildman–Crippen MR) is 111 cm³/mol. The van der Waals surface area contributed by atoms with Gasteiger partial charge in [-0.05, 0) is 59.3 Å². The lowest BCUT2D eigenvalue weighted by Crippen LogP contribution is -2.17. The van der Waals surface area contributed by atoms with E-state index in [-0.39, 0.29) is 33.7 Å². The zero-order chi connectivity index (χ0) is 22.4. The number of benzene rings is 3. The van der Waals surface area contributed by atoms with Gasteiger partial charge < -0.3 is 4.74 Å². The molecule has 1 aliphatic heterocycles. The number of ether oxygens (including phenoxy) is 1. The molecule has 162 valence electrons. The molecule has 0 spiro atoms. The molecule has 31 heavy (non-hydrogen) atoms. The topological polar surface area (TPSA) is 55.4 Å². The summed E-state index contributed by atoms with van der Waals surface area (Å²) in [6.45, 7) is 0. The van der Waals surface area contributed by atoms with Gasteiger partial charge in [0.25, 0.3) is 0 Å². The molecule has 0 saturated heterocycles. The third kappa shape index (κ3) is 4.80. The maximum absolute atomic E-state index is 13.9. The summed E-state index contributed by atoms with van der Waals surface area (Å²) in [5, 5.41) is 0. The number of nitrogens with one attached hydrogen (secondary N) is 1. The highest BCUT2D eigenvalue weighted by Crippen LogP contribution is 2.51. The third-order valence-electron chi connectivity index (χ3n) is 4.52. The monoisotopic (exact) mass is 469 g/mol. The Morgan fingerprint density at radius 3 is 2.45 bits per heavy atom. The maximum atomic E-state index is 13.9. The van der Waals surface area contributed by atoms with Gasteiger partial charge in [-0.2, -0.15) is 13.2 Å². The van der Waals surface area contributed by atoms with E-state index in [2.05, 4.69) is 4.72 Å². The molecule has 1 N–H and O–H groups in total. The molecule has 1 heterocycles. The van der Waals surface area contributed by atoms with Gasteiger partial charge in [-0.25, -0.2) is 12.8 Å². The molecule has 0 radical (unpaired) electrons. The van der Waals surface area contributed by atoms with E-state index in [1.807, 2.05) is 0 Å². The number of rotatable bonds is 4. The molecule has 10 heteroatoms. The number of hydrogen-bond acceptors (Lipinski definition) is 4. The molecule has 1 unspecified atom stereocenters. The largest absolute Gasteiger partial charge is 0.480 e. The number of thioether (sulfide) groups is 1. The Hall–Kier alpha value is -2.72. The average Bonchev–Trinajstić information content (AvgIpc) is 2.65. The number of alkyl halides is 3. The van der Waals surface area contributed by atoms with Crippen molar-refractivity contribution in [2.45, 2.75) is 16.5 Å². The molecule has 0 saturated carbocycles. The minimum atomic E-state index is -4.51. The lowest BCUT2D eigenvalue weighted by atomic mass is 9.89. The summed E-state index contributed by atoms with van der Waals surface area (Å²) in [6, 6.07) is 14.5. The van der Waals surface area contributed by atoms with Crippen molar-refractivity contribution in [1.29, 1.82) is 0 Å². The fourth-order valence-electron chi connectivity index (χ4n) is 3.48. The molecule has 0 fully saturated rings. The van der Waals surface area contributed by atoms with Crippen LogP contribution in [0.3, 0.4) is 0 Å². The summed E-state index contributed by atoms with van der Waals surface area (Å²) in [7, 11) is -3.59. The quantitative estimate of drug-likeness (QED) is 0.379. The Balaban J connectivity index is 1.92. The first-order chi connectivity index (χ1) is 14.5. The van der Waals surface area contributed by atoms with Gasteiger partial charge in [-0.15, -0.1) is 0 Å². The van der Waals surface area contributed by atoms with Crippen LogP contribution in [-0.2, 0) is 10.0 Å². The Morgan fingerprint density at radius 2 is 1.77 bits per heavy atom. The Bertz CT molecular complexity index is 1260. The fourth-order valence-corrected chi connectivity index (χ4v) is 4.74. The number of fused-ring (bicyclic) bond motifs is 3. The van der Waals surface area contributed by atoms with Gasteiger partial charge in [0, 0.05) is 21.7 Å². The number of sulfonamides is 1. The Kier molecular flexibility index (Phi) is 5.38. The molecule has 0 bridgehead atoms. The van der Waals surface area contributed by atoms with Gasteiger partial charge in [0.2, 0.25) is 10.0 Å². The van der Waals surface area contributed by atoms with Crippen LogP contribution in [0.15, 0.2) is 65.6 Å². The smallest absolute Gasteiger partial charge is 0.446 e. The van der Waals surface area contributed by atoms with E-state index < -0.39 is 27.5 Å². The first kappa shape index (κ1) is 21.5. The van der Waals surface area contributed by atoms with Crippen LogP contribution in [0.25, 0.3) is 11.1 Å². The van der Waals surface area contributed by atoms with Crippen LogP contribution >= 0.6 is 11.8 Å². The van der Waals surface area contributed by atoms with Crippen molar-refractivity contribution in [3.05, 3.63) is 77.6 Å². The van der Waals surface area contributed by atoms with Crippen molar-refractivity contribution in [3.63, 3.8) is 0 Å². The summed E-state index contributed by atoms with van der Waals surface area (Å²) in [5.74, 6) is -0.278. The van der Waals surface area contributed by atoms with Crippen molar-refractivity contribution in [3.8, 4) is 16.9 Å². The zero-order valence-electron chi connectivity index (χ0n) is 15.9. The zero-order valence-corrected chi connectivity index (χ0v) is 17.5. The van der Waals surface area contributed by atoms with Gasteiger partial charge in [-0.3, -0.25) is 4.72 Å². The predicted octanol–water partition coefficient (Wildman–Crippen LogP) is 5.96. The molecule has 3 aromatic rings. The molecule has 3 aromatic carbocycles. The minimum absolute atomic E-state index is 0.0484. The Morgan fingerprint density at radius 1 is 1.03 bits per heavy atom. The van der Waals surface area contributed by atoms with Gasteiger partial charge in [0.1, 0.15) is 17.7 Å². The van der Waals surface area contributed by atoms with E-state index in [1.165, 1.54) is 48.5 Å². The normalized spacial score (nSPS) is 15.6. The molecule has 1 atom stereocenters. The van der Waals surface area contributed by atoms with E-state index >= 15 is 0 Å². The van der Waals surface area contributed by atoms with E-state index in [1.54, 1.807) is 12.1 Å². The van der Waals surface area contributed by atoms with Gasteiger partial charge in [-0.1, -0.05) is 24.3 Å². The second-order valence-corrected chi connectivity index (χ2v) is 9.76. The first-order valence-electron chi connectivity index (χ1n) is 8.93. The first-order valence-corrected chi connectivity index (χ1v) is 11.6. The number of hydrogen-bond donors (Lipinski definition) is 1. The van der Waals surface area contributed by atoms with Crippen molar-refractivity contribution < 1.29 is 30.7 Å². The molecule has 0 aromatic heterocycles. The van der Waals surface area contributed by atoms with Crippen LogP contribution in [0.1, 0.15) is 17.2 Å². The van der Waals surface area contributed by atoms with Crippen LogP contribution in [0.2, 0.25) is 0 Å². The average molecular weight is 469 g/mol. The van der Waals surface area contributed by atoms with Crippen molar-refractivity contribution in [2.24, 2.45) is 0 Å². The summed E-state index contributed by atoms with van der Waals surface area (Å²) in [4.78, 5) is -0.0484. The van der Waals surface area contributed by atoms with E-state index in [9.17, 15) is 26.0 Å². The lowest BCUT2D eigenvalue weighted by molar-refractivity contribution is -0.0328. The second kappa shape index (κ2) is 7.76. The van der Waals surface area contributed by atoms with Gasteiger partial charge in [0.05, 0.1) is 6.26 Å². The standard InChI is InChI=1S/C21H15F4NO3S2/c1-31(27,28)26-14-8-9-15-16(11-14)20(12-4-2-5-13(22)10-12)29-17-6-3-7-18(19(15)17)30-21(23,24)25/h2-11,20,26H,1H3. The number of halogens is 4. The summed E-state index contributed by atoms with van der Waals surface area (Å²) in [6.07, 6.45) is 0.144. The Labute approximate surface area is 180 Å². The highest BCUT2D eigenvalue weighted by molar-refractivity contribution is 8.00. The van der Waals surface area contributed by atoms with Crippen molar-refractivity contribution >= 4 is 27.5 Å². The molecular formula is C21H15F4NO3S2. The number of anilines is 1. The summed E-state index contributed by atoms with van der Waals surface area (Å²) >= 11 is -0.259. The van der Waals surface area contributed by atoms with Crippen molar-refractivity contribution in [1.82, 2.24) is 0 Å². The summed E-state index contributed by atoms with van der Waals surface area (Å²) < 4.78 is 84.9. The molecule has 4 nitrogen and oxygen atoms in total. The molecule has 0 amide bonds. The van der Waals surface area contributed by atoms with Crippen LogP contribution in [-0.4, -0.2) is 20.2 Å². The molecule has 0 aliphatic carbocycles. The highest BCUT2D eigenvalue weighted by Gasteiger charge is 2.35. The fraction of sp³-hybridized carbons (Fsp3) is 0.143. The SMILES string of the molecule is CS(=O)(=O)Nc1ccc2c(c1)C(c1cccc(F)c1)Oc1cccc(SC(F)(F)F)c1-2. The van der Waals surface area contributed by atoms with Crippen molar-refractivity contribution in [2.75, 3.05) is 11.0 Å². The maximum Gasteiger partial charge on any atom is 0.446 e. The molecule has 4 rings (SSSR count). The molecule has 1 aliphatic rings. The third-order valence-corrected chi connectivity index (χ3v) is 5.91. The molecular weight excluding hydrogens is 454 g/mol. The lowest BCUT2D eigenvalue weighted by Gasteiger charge is -2.31. The van der Waals surface area contributed by atoms with Gasteiger partial charge >= 0.3 is 5.51 Å². The van der Waals surface area contributed by atoms with E-state index in [4.69, 9.17) is 4.74 Å². The van der Waals surface area contributed by atoms with Gasteiger partial charge in [0.15, 0.2) is 0 Å². The minimum Gasteiger partial charge on any atom is -0.480 e. The van der Waals surface area contributed by atoms with Crippen LogP contribution in [0, 0.1) is 5.82 Å². The van der Waals surface area contributed by atoms with Crippen LogP contribution in [0.4, 0.5) is 23.2 Å². The van der Waals surface area contributed by atoms with E-state index in [0.29, 0.717) is 16.7 Å². The van der Waals surface area contributed by atoms with Crippen LogP contribution in [0.5, 0.6) is 5.75 Å². The van der Waals surface area contributed by atoms with Crippen LogP contribution < -0.4 is 9.46 Å².